The fraction of sp³-hybridized carbons (Fsp3) is 0.522. The number of morpholine rings is 1. The van der Waals surface area contributed by atoms with E-state index in [4.69, 9.17) is 10.5 Å². The van der Waals surface area contributed by atoms with Gasteiger partial charge in [-0.05, 0) is 43.9 Å². The number of nitrogens with one attached hydrogen (secondary N) is 3. The highest BCUT2D eigenvalue weighted by Crippen LogP contribution is 2.39. The first-order chi connectivity index (χ1) is 18.0. The van der Waals surface area contributed by atoms with Gasteiger partial charge in [-0.3, -0.25) is 5.10 Å². The van der Waals surface area contributed by atoms with E-state index in [1.54, 1.807) is 6.07 Å². The van der Waals surface area contributed by atoms with Gasteiger partial charge in [0.05, 0.1) is 24.5 Å². The number of sulfone groups is 1. The fourth-order valence-electron chi connectivity index (χ4n) is 4.80. The van der Waals surface area contributed by atoms with E-state index in [1.165, 1.54) is 6.07 Å². The van der Waals surface area contributed by atoms with Crippen LogP contribution < -0.4 is 21.3 Å². The van der Waals surface area contributed by atoms with Gasteiger partial charge in [-0.1, -0.05) is 0 Å². The number of benzene rings is 1. The van der Waals surface area contributed by atoms with Crippen LogP contribution in [0.2, 0.25) is 0 Å². The van der Waals surface area contributed by atoms with Gasteiger partial charge in [0.1, 0.15) is 11.2 Å². The number of aromatic amines is 1. The average molecular weight is 555 g/mol. The van der Waals surface area contributed by atoms with Gasteiger partial charge in [-0.2, -0.15) is 28.2 Å². The van der Waals surface area contributed by atoms with Crippen LogP contribution in [0.4, 0.5) is 36.3 Å². The summed E-state index contributed by atoms with van der Waals surface area (Å²) in [6.07, 6.45) is -0.573. The molecule has 1 saturated carbocycles. The summed E-state index contributed by atoms with van der Waals surface area (Å²) in [5, 5.41) is 12.4. The predicted molar refractivity (Wildman–Crippen MR) is 136 cm³/mol. The van der Waals surface area contributed by atoms with Crippen molar-refractivity contribution in [1.29, 1.82) is 0 Å². The molecule has 0 bridgehead atoms. The number of ether oxygens (including phenoxy) is 1. The van der Waals surface area contributed by atoms with Crippen LogP contribution >= 0.6 is 0 Å². The Balaban J connectivity index is 1.53. The van der Waals surface area contributed by atoms with E-state index in [0.717, 1.165) is 38.0 Å². The molecule has 5 rings (SSSR count). The lowest BCUT2D eigenvalue weighted by Gasteiger charge is -2.29. The van der Waals surface area contributed by atoms with Crippen molar-refractivity contribution in [2.45, 2.75) is 49.0 Å². The number of fused-ring (bicyclic) bond motifs is 1. The van der Waals surface area contributed by atoms with Gasteiger partial charge >= 0.3 is 6.18 Å². The number of H-pyrrole nitrogens is 1. The standard InChI is InChI=1S/C23H29F3N8O3S/c1-38(35,36)21-18-19(28-14-4-2-13(27)3-5-14)30-22(31-20(18)32-33-21)29-17-7-6-15(12-16(17)23(24,25)26)34-8-10-37-11-9-34/h6-7,12-14H,2-5,8-11,27H2,1H3,(H3,28,29,30,31,32,33). The summed E-state index contributed by atoms with van der Waals surface area (Å²) < 4.78 is 72.3. The van der Waals surface area contributed by atoms with Crippen LogP contribution in [0.1, 0.15) is 31.2 Å². The average Bonchev–Trinajstić information content (AvgIpc) is 3.31. The minimum Gasteiger partial charge on any atom is -0.378 e. The summed E-state index contributed by atoms with van der Waals surface area (Å²) in [5.74, 6) is 0.0225. The monoisotopic (exact) mass is 554 g/mol. The predicted octanol–water partition coefficient (Wildman–Crippen LogP) is 3.04. The minimum absolute atomic E-state index is 0.0106. The van der Waals surface area contributed by atoms with Crippen molar-refractivity contribution in [3.8, 4) is 0 Å². The van der Waals surface area contributed by atoms with Crippen LogP contribution in [-0.2, 0) is 20.8 Å². The molecule has 0 radical (unpaired) electrons. The number of aromatic nitrogens is 4. The second-order valence-electron chi connectivity index (χ2n) is 9.63. The van der Waals surface area contributed by atoms with E-state index in [0.29, 0.717) is 32.0 Å². The van der Waals surface area contributed by atoms with Crippen molar-refractivity contribution < 1.29 is 26.3 Å². The maximum atomic E-state index is 14.1. The molecule has 11 nitrogen and oxygen atoms in total. The number of alkyl halides is 3. The minimum atomic E-state index is -4.65. The number of anilines is 4. The number of halogens is 3. The Labute approximate surface area is 217 Å². The number of nitrogens with two attached hydrogens (primary N) is 1. The normalized spacial score (nSPS) is 21.0. The van der Waals surface area contributed by atoms with Gasteiger partial charge < -0.3 is 26.0 Å². The zero-order valence-corrected chi connectivity index (χ0v) is 21.5. The SMILES string of the molecule is CS(=O)(=O)c1[nH]nc2nc(Nc3ccc(N4CCOCC4)cc3C(F)(F)F)nc(NC3CCC(N)CC3)c12. The molecule has 0 unspecified atom stereocenters. The molecular formula is C23H29F3N8O3S. The second kappa shape index (κ2) is 10.2. The highest BCUT2D eigenvalue weighted by molar-refractivity contribution is 7.90. The molecule has 15 heteroatoms. The largest absolute Gasteiger partial charge is 0.418 e. The Morgan fingerprint density at radius 3 is 2.50 bits per heavy atom. The Kier molecular flexibility index (Phi) is 7.09. The molecular weight excluding hydrogens is 525 g/mol. The molecule has 1 aromatic carbocycles. The van der Waals surface area contributed by atoms with Gasteiger partial charge in [-0.25, -0.2) is 8.42 Å². The van der Waals surface area contributed by atoms with Crippen molar-refractivity contribution in [3.63, 3.8) is 0 Å². The lowest BCUT2D eigenvalue weighted by molar-refractivity contribution is -0.136. The summed E-state index contributed by atoms with van der Waals surface area (Å²) in [7, 11) is -3.71. The third-order valence-corrected chi connectivity index (χ3v) is 7.83. The summed E-state index contributed by atoms with van der Waals surface area (Å²) in [5.41, 5.74) is 5.34. The molecule has 1 aliphatic heterocycles. The van der Waals surface area contributed by atoms with Crippen LogP contribution in [0.25, 0.3) is 11.0 Å². The highest BCUT2D eigenvalue weighted by atomic mass is 32.2. The van der Waals surface area contributed by atoms with Crippen LogP contribution in [0, 0.1) is 0 Å². The molecule has 5 N–H and O–H groups in total. The van der Waals surface area contributed by atoms with Gasteiger partial charge in [0.2, 0.25) is 5.95 Å². The van der Waals surface area contributed by atoms with E-state index < -0.39 is 21.6 Å². The van der Waals surface area contributed by atoms with Gasteiger partial charge in [0.15, 0.2) is 20.5 Å². The maximum Gasteiger partial charge on any atom is 0.418 e. The summed E-state index contributed by atoms with van der Waals surface area (Å²) in [6.45, 7) is 1.87. The van der Waals surface area contributed by atoms with E-state index >= 15 is 0 Å². The van der Waals surface area contributed by atoms with E-state index in [9.17, 15) is 21.6 Å². The summed E-state index contributed by atoms with van der Waals surface area (Å²) in [6, 6.07) is 4.08. The number of hydrogen-bond donors (Lipinski definition) is 4. The molecule has 2 aromatic heterocycles. The third kappa shape index (κ3) is 5.63. The van der Waals surface area contributed by atoms with Crippen LogP contribution in [0.5, 0.6) is 0 Å². The Morgan fingerprint density at radius 1 is 1.13 bits per heavy atom. The third-order valence-electron chi connectivity index (χ3n) is 6.80. The van der Waals surface area contributed by atoms with E-state index in [1.807, 2.05) is 4.90 Å². The molecule has 1 aliphatic carbocycles. The molecule has 0 spiro atoms. The fourth-order valence-corrected chi connectivity index (χ4v) is 5.57. The molecule has 2 aliphatic rings. The number of rotatable bonds is 6. The van der Waals surface area contributed by atoms with Crippen molar-refractivity contribution >= 4 is 44.0 Å². The molecule has 38 heavy (non-hydrogen) atoms. The molecule has 3 aromatic rings. The second-order valence-corrected chi connectivity index (χ2v) is 11.6. The zero-order valence-electron chi connectivity index (χ0n) is 20.7. The number of hydrogen-bond acceptors (Lipinski definition) is 10. The smallest absolute Gasteiger partial charge is 0.378 e. The van der Waals surface area contributed by atoms with E-state index in [-0.39, 0.29) is 45.6 Å². The molecule has 0 atom stereocenters. The lowest BCUT2D eigenvalue weighted by Crippen LogP contribution is -2.36. The zero-order chi connectivity index (χ0) is 27.1. The molecule has 3 heterocycles. The van der Waals surface area contributed by atoms with Gasteiger partial charge in [-0.15, -0.1) is 0 Å². The van der Waals surface area contributed by atoms with Crippen LogP contribution in [0.3, 0.4) is 0 Å². The van der Waals surface area contributed by atoms with Gasteiger partial charge in [0, 0.05) is 37.1 Å². The van der Waals surface area contributed by atoms with E-state index in [2.05, 4.69) is 30.8 Å². The lowest BCUT2D eigenvalue weighted by atomic mass is 9.92. The molecule has 2 fully saturated rings. The Morgan fingerprint density at radius 2 is 1.84 bits per heavy atom. The molecule has 206 valence electrons. The first kappa shape index (κ1) is 26.4. The first-order valence-electron chi connectivity index (χ1n) is 12.3. The molecule has 0 amide bonds. The molecule has 1 saturated heterocycles. The van der Waals surface area contributed by atoms with Crippen LogP contribution in [0.15, 0.2) is 23.2 Å². The quantitative estimate of drug-likeness (QED) is 0.358. The van der Waals surface area contributed by atoms with Crippen molar-refractivity contribution in [2.24, 2.45) is 5.73 Å². The highest BCUT2D eigenvalue weighted by Gasteiger charge is 2.35. The first-order valence-corrected chi connectivity index (χ1v) is 14.2. The van der Waals surface area contributed by atoms with Crippen molar-refractivity contribution in [3.05, 3.63) is 23.8 Å². The van der Waals surface area contributed by atoms with Crippen molar-refractivity contribution in [1.82, 2.24) is 20.2 Å². The summed E-state index contributed by atoms with van der Waals surface area (Å²) >= 11 is 0. The Hall–Kier alpha value is -3.17. The maximum absolute atomic E-state index is 14.1. The van der Waals surface area contributed by atoms with Crippen LogP contribution in [-0.4, -0.2) is 73.2 Å². The topological polar surface area (TPSA) is 151 Å². The Bertz CT molecular complexity index is 1420. The summed E-state index contributed by atoms with van der Waals surface area (Å²) in [4.78, 5) is 10.5. The van der Waals surface area contributed by atoms with Crippen molar-refractivity contribution in [2.75, 3.05) is 48.1 Å². The van der Waals surface area contributed by atoms with Gasteiger partial charge in [0.25, 0.3) is 0 Å². The number of nitrogens with zero attached hydrogens (tertiary/aromatic N) is 4.